The van der Waals surface area contributed by atoms with Crippen molar-refractivity contribution in [2.75, 3.05) is 12.8 Å². The van der Waals surface area contributed by atoms with Gasteiger partial charge < -0.3 is 14.9 Å². The molecule has 2 heterocycles. The zero-order chi connectivity index (χ0) is 16.5. The van der Waals surface area contributed by atoms with Gasteiger partial charge in [-0.15, -0.1) is 0 Å². The summed E-state index contributed by atoms with van der Waals surface area (Å²) in [6.45, 7) is 0. The van der Waals surface area contributed by atoms with E-state index in [1.807, 2.05) is 48.5 Å². The number of aromatic nitrogens is 2. The normalized spacial score (nSPS) is 10.9. The number of hydrogen-bond acceptors (Lipinski definition) is 5. The SMILES string of the molecule is COc1ccc2nc(-c3ccc(-c4ccc(N)nc4)cc3)oc2c1. The second-order valence-electron chi connectivity index (χ2n) is 5.40. The van der Waals surface area contributed by atoms with Gasteiger partial charge in [0.05, 0.1) is 7.11 Å². The number of benzene rings is 2. The van der Waals surface area contributed by atoms with Crippen LogP contribution in [0.4, 0.5) is 5.82 Å². The second-order valence-corrected chi connectivity index (χ2v) is 5.40. The standard InChI is InChI=1S/C19H15N3O2/c1-23-15-7-8-16-17(10-15)24-19(22-16)13-4-2-12(3-5-13)14-6-9-18(20)21-11-14/h2-11H,1H3,(H2,20,21). The molecule has 0 saturated carbocycles. The van der Waals surface area contributed by atoms with Crippen LogP contribution in [0, 0.1) is 0 Å². The molecule has 0 spiro atoms. The second kappa shape index (κ2) is 5.70. The third kappa shape index (κ3) is 2.56. The first-order valence-corrected chi connectivity index (χ1v) is 7.50. The molecule has 0 aliphatic rings. The fraction of sp³-hybridized carbons (Fsp3) is 0.0526. The van der Waals surface area contributed by atoms with Crippen LogP contribution in [0.25, 0.3) is 33.7 Å². The van der Waals surface area contributed by atoms with E-state index < -0.39 is 0 Å². The van der Waals surface area contributed by atoms with E-state index in [1.54, 1.807) is 19.4 Å². The van der Waals surface area contributed by atoms with Crippen molar-refractivity contribution in [3.63, 3.8) is 0 Å². The molecule has 24 heavy (non-hydrogen) atoms. The number of ether oxygens (including phenoxy) is 1. The lowest BCUT2D eigenvalue weighted by atomic mass is 10.1. The molecule has 0 atom stereocenters. The summed E-state index contributed by atoms with van der Waals surface area (Å²) >= 11 is 0. The van der Waals surface area contributed by atoms with Crippen molar-refractivity contribution in [1.29, 1.82) is 0 Å². The molecule has 5 heteroatoms. The predicted molar refractivity (Wildman–Crippen MR) is 93.6 cm³/mol. The largest absolute Gasteiger partial charge is 0.497 e. The summed E-state index contributed by atoms with van der Waals surface area (Å²) in [4.78, 5) is 8.64. The lowest BCUT2D eigenvalue weighted by Gasteiger charge is -2.02. The number of oxazole rings is 1. The molecule has 5 nitrogen and oxygen atoms in total. The Morgan fingerprint density at radius 1 is 0.917 bits per heavy atom. The van der Waals surface area contributed by atoms with Crippen LogP contribution in [0.2, 0.25) is 0 Å². The van der Waals surface area contributed by atoms with Crippen LogP contribution < -0.4 is 10.5 Å². The lowest BCUT2D eigenvalue weighted by molar-refractivity contribution is 0.414. The number of pyridine rings is 1. The molecule has 2 aromatic carbocycles. The van der Waals surface area contributed by atoms with Crippen molar-refractivity contribution in [1.82, 2.24) is 9.97 Å². The van der Waals surface area contributed by atoms with Crippen LogP contribution >= 0.6 is 0 Å². The number of hydrogen-bond donors (Lipinski definition) is 1. The molecular weight excluding hydrogens is 302 g/mol. The van der Waals surface area contributed by atoms with E-state index in [2.05, 4.69) is 9.97 Å². The maximum atomic E-state index is 5.84. The van der Waals surface area contributed by atoms with Crippen molar-refractivity contribution in [3.05, 3.63) is 60.8 Å². The smallest absolute Gasteiger partial charge is 0.227 e. The summed E-state index contributed by atoms with van der Waals surface area (Å²) in [5, 5.41) is 0. The van der Waals surface area contributed by atoms with E-state index >= 15 is 0 Å². The molecule has 4 rings (SSSR count). The first kappa shape index (κ1) is 14.3. The van der Waals surface area contributed by atoms with Crippen LogP contribution in [0.3, 0.4) is 0 Å². The Hall–Kier alpha value is -3.34. The molecule has 118 valence electrons. The van der Waals surface area contributed by atoms with Crippen molar-refractivity contribution in [2.45, 2.75) is 0 Å². The summed E-state index contributed by atoms with van der Waals surface area (Å²) in [6, 6.07) is 17.3. The van der Waals surface area contributed by atoms with Crippen molar-refractivity contribution < 1.29 is 9.15 Å². The molecule has 0 saturated heterocycles. The summed E-state index contributed by atoms with van der Waals surface area (Å²) < 4.78 is 11.0. The van der Waals surface area contributed by atoms with Gasteiger partial charge >= 0.3 is 0 Å². The molecule has 0 aliphatic carbocycles. The van der Waals surface area contributed by atoms with Gasteiger partial charge in [0.15, 0.2) is 5.58 Å². The van der Waals surface area contributed by atoms with Gasteiger partial charge in [-0.3, -0.25) is 0 Å². The molecule has 2 N–H and O–H groups in total. The fourth-order valence-electron chi connectivity index (χ4n) is 2.54. The Labute approximate surface area is 138 Å². The highest BCUT2D eigenvalue weighted by atomic mass is 16.5. The maximum absolute atomic E-state index is 5.84. The van der Waals surface area contributed by atoms with Gasteiger partial charge in [0.1, 0.15) is 17.1 Å². The van der Waals surface area contributed by atoms with Gasteiger partial charge in [-0.2, -0.15) is 0 Å². The number of fused-ring (bicyclic) bond motifs is 1. The third-order valence-corrected chi connectivity index (χ3v) is 3.85. The van der Waals surface area contributed by atoms with Crippen molar-refractivity contribution in [2.24, 2.45) is 0 Å². The molecular formula is C19H15N3O2. The Balaban J connectivity index is 1.68. The molecule has 2 aromatic heterocycles. The van der Waals surface area contributed by atoms with Crippen LogP contribution in [0.15, 0.2) is 65.2 Å². The first-order valence-electron chi connectivity index (χ1n) is 7.50. The van der Waals surface area contributed by atoms with Crippen LogP contribution in [-0.4, -0.2) is 17.1 Å². The van der Waals surface area contributed by atoms with Crippen molar-refractivity contribution in [3.8, 4) is 28.3 Å². The molecule has 0 bridgehead atoms. The van der Waals surface area contributed by atoms with E-state index in [-0.39, 0.29) is 0 Å². The van der Waals surface area contributed by atoms with Crippen LogP contribution in [-0.2, 0) is 0 Å². The van der Waals surface area contributed by atoms with E-state index in [0.29, 0.717) is 17.3 Å². The van der Waals surface area contributed by atoms with Gasteiger partial charge in [-0.1, -0.05) is 12.1 Å². The summed E-state index contributed by atoms with van der Waals surface area (Å²) in [6.07, 6.45) is 1.76. The van der Waals surface area contributed by atoms with Gasteiger partial charge in [0.25, 0.3) is 0 Å². The Kier molecular flexibility index (Phi) is 3.39. The minimum atomic E-state index is 0.511. The highest BCUT2D eigenvalue weighted by Crippen LogP contribution is 2.28. The Morgan fingerprint density at radius 3 is 2.38 bits per heavy atom. The van der Waals surface area contributed by atoms with Gasteiger partial charge in [-0.25, -0.2) is 9.97 Å². The molecule has 4 aromatic rings. The molecule has 0 fully saturated rings. The van der Waals surface area contributed by atoms with Crippen molar-refractivity contribution >= 4 is 16.9 Å². The number of nitrogens with two attached hydrogens (primary N) is 1. The van der Waals surface area contributed by atoms with Crippen LogP contribution in [0.1, 0.15) is 0 Å². The monoisotopic (exact) mass is 317 g/mol. The lowest BCUT2D eigenvalue weighted by Crippen LogP contribution is -1.88. The molecule has 0 amide bonds. The minimum absolute atomic E-state index is 0.511. The highest BCUT2D eigenvalue weighted by Gasteiger charge is 2.09. The Morgan fingerprint density at radius 2 is 1.67 bits per heavy atom. The zero-order valence-electron chi connectivity index (χ0n) is 13.1. The van der Waals surface area contributed by atoms with E-state index in [9.17, 15) is 0 Å². The summed E-state index contributed by atoms with van der Waals surface area (Å²) in [5.41, 5.74) is 10.1. The van der Waals surface area contributed by atoms with Gasteiger partial charge in [0, 0.05) is 23.4 Å². The fourth-order valence-corrected chi connectivity index (χ4v) is 2.54. The van der Waals surface area contributed by atoms with Crippen LogP contribution in [0.5, 0.6) is 5.75 Å². The third-order valence-electron chi connectivity index (χ3n) is 3.85. The first-order chi connectivity index (χ1) is 11.7. The molecule has 0 unspecified atom stereocenters. The van der Waals surface area contributed by atoms with E-state index in [1.165, 1.54) is 0 Å². The number of anilines is 1. The average molecular weight is 317 g/mol. The zero-order valence-corrected chi connectivity index (χ0v) is 13.1. The minimum Gasteiger partial charge on any atom is -0.497 e. The van der Waals surface area contributed by atoms with Gasteiger partial charge in [-0.05, 0) is 42.0 Å². The van der Waals surface area contributed by atoms with E-state index in [4.69, 9.17) is 14.9 Å². The summed E-state index contributed by atoms with van der Waals surface area (Å²) in [5.74, 6) is 1.84. The summed E-state index contributed by atoms with van der Waals surface area (Å²) in [7, 11) is 1.63. The maximum Gasteiger partial charge on any atom is 0.227 e. The van der Waals surface area contributed by atoms with E-state index in [0.717, 1.165) is 28.0 Å². The highest BCUT2D eigenvalue weighted by molar-refractivity contribution is 5.78. The topological polar surface area (TPSA) is 74.2 Å². The van der Waals surface area contributed by atoms with Gasteiger partial charge in [0.2, 0.25) is 5.89 Å². The quantitative estimate of drug-likeness (QED) is 0.614. The molecule has 0 aliphatic heterocycles. The molecule has 0 radical (unpaired) electrons. The number of nitrogen functional groups attached to an aromatic ring is 1. The Bertz CT molecular complexity index is 989. The average Bonchev–Trinajstić information content (AvgIpc) is 3.05. The number of nitrogens with zero attached hydrogens (tertiary/aromatic N) is 2. The number of rotatable bonds is 3. The predicted octanol–water partition coefficient (Wildman–Crippen LogP) is 4.15. The number of methoxy groups -OCH3 is 1.